The van der Waals surface area contributed by atoms with Gasteiger partial charge in [-0.1, -0.05) is 56.3 Å². The van der Waals surface area contributed by atoms with E-state index in [0.29, 0.717) is 5.92 Å². The number of fused-ring (bicyclic) bond motifs is 1. The van der Waals surface area contributed by atoms with E-state index in [1.807, 2.05) is 6.07 Å². The van der Waals surface area contributed by atoms with Crippen molar-refractivity contribution in [2.45, 2.75) is 25.9 Å². The molecular weight excluding hydrogens is 234 g/mol. The molecular formula is C17H19NO. The minimum atomic E-state index is 0.0913. The van der Waals surface area contributed by atoms with Gasteiger partial charge < -0.3 is 10.1 Å². The van der Waals surface area contributed by atoms with Gasteiger partial charge in [0.15, 0.2) is 0 Å². The Morgan fingerprint density at radius 1 is 1.05 bits per heavy atom. The van der Waals surface area contributed by atoms with Crippen molar-refractivity contribution in [3.05, 3.63) is 59.7 Å². The molecule has 0 aliphatic carbocycles. The molecule has 1 N–H and O–H groups in total. The fourth-order valence-corrected chi connectivity index (χ4v) is 2.52. The van der Waals surface area contributed by atoms with Crippen molar-refractivity contribution in [1.29, 1.82) is 0 Å². The lowest BCUT2D eigenvalue weighted by Gasteiger charge is -2.30. The van der Waals surface area contributed by atoms with E-state index in [0.717, 1.165) is 18.0 Å². The summed E-state index contributed by atoms with van der Waals surface area (Å²) >= 11 is 0. The molecule has 1 atom stereocenters. The highest BCUT2D eigenvalue weighted by Crippen LogP contribution is 2.39. The van der Waals surface area contributed by atoms with Crippen LogP contribution in [0.4, 0.5) is 5.69 Å². The zero-order chi connectivity index (χ0) is 13.2. The summed E-state index contributed by atoms with van der Waals surface area (Å²) < 4.78 is 6.25. The molecule has 1 unspecified atom stereocenters. The van der Waals surface area contributed by atoms with Gasteiger partial charge in [0, 0.05) is 0 Å². The van der Waals surface area contributed by atoms with Crippen LogP contribution >= 0.6 is 0 Å². The Balaban J connectivity index is 1.95. The highest BCUT2D eigenvalue weighted by Gasteiger charge is 2.23. The van der Waals surface area contributed by atoms with E-state index in [1.54, 1.807) is 0 Å². The predicted molar refractivity (Wildman–Crippen MR) is 78.8 cm³/mol. The Bertz CT molecular complexity index is 563. The first-order valence-corrected chi connectivity index (χ1v) is 6.84. The van der Waals surface area contributed by atoms with E-state index in [9.17, 15) is 0 Å². The third kappa shape index (κ3) is 2.30. The first-order chi connectivity index (χ1) is 9.25. The van der Waals surface area contributed by atoms with Crippen molar-refractivity contribution in [2.24, 2.45) is 0 Å². The maximum absolute atomic E-state index is 6.25. The number of nitrogens with one attached hydrogen (secondary N) is 1. The first-order valence-electron chi connectivity index (χ1n) is 6.84. The Morgan fingerprint density at radius 2 is 1.84 bits per heavy atom. The van der Waals surface area contributed by atoms with E-state index in [-0.39, 0.29) is 6.10 Å². The molecule has 0 spiro atoms. The summed E-state index contributed by atoms with van der Waals surface area (Å²) in [6, 6.07) is 16.7. The number of anilines is 1. The average Bonchev–Trinajstić information content (AvgIpc) is 2.47. The topological polar surface area (TPSA) is 21.3 Å². The van der Waals surface area contributed by atoms with Gasteiger partial charge in [-0.2, -0.15) is 0 Å². The molecule has 0 bridgehead atoms. The van der Waals surface area contributed by atoms with Gasteiger partial charge in [-0.25, -0.2) is 0 Å². The lowest BCUT2D eigenvalue weighted by Crippen LogP contribution is -2.24. The summed E-state index contributed by atoms with van der Waals surface area (Å²) in [6.07, 6.45) is 0.0913. The van der Waals surface area contributed by atoms with Gasteiger partial charge in [0.25, 0.3) is 0 Å². The fraction of sp³-hybridized carbons (Fsp3) is 0.294. The second-order valence-corrected chi connectivity index (χ2v) is 5.28. The van der Waals surface area contributed by atoms with E-state index < -0.39 is 0 Å². The van der Waals surface area contributed by atoms with Crippen LogP contribution in [0.2, 0.25) is 0 Å². The first kappa shape index (κ1) is 12.1. The highest BCUT2D eigenvalue weighted by molar-refractivity contribution is 5.62. The Morgan fingerprint density at radius 3 is 2.58 bits per heavy atom. The third-order valence-corrected chi connectivity index (χ3v) is 3.58. The van der Waals surface area contributed by atoms with Crippen LogP contribution in [0.3, 0.4) is 0 Å². The van der Waals surface area contributed by atoms with Crippen molar-refractivity contribution >= 4 is 5.69 Å². The Hall–Kier alpha value is -1.96. The van der Waals surface area contributed by atoms with E-state index in [1.165, 1.54) is 11.1 Å². The van der Waals surface area contributed by atoms with Gasteiger partial charge in [0.05, 0.1) is 12.2 Å². The van der Waals surface area contributed by atoms with Crippen LogP contribution in [-0.4, -0.2) is 6.54 Å². The minimum Gasteiger partial charge on any atom is -0.481 e. The van der Waals surface area contributed by atoms with Crippen molar-refractivity contribution in [2.75, 3.05) is 11.9 Å². The van der Waals surface area contributed by atoms with Gasteiger partial charge in [-0.15, -0.1) is 0 Å². The number of benzene rings is 2. The van der Waals surface area contributed by atoms with Crippen LogP contribution in [0.15, 0.2) is 48.5 Å². The molecule has 0 radical (unpaired) electrons. The zero-order valence-corrected chi connectivity index (χ0v) is 11.4. The predicted octanol–water partition coefficient (Wildman–Crippen LogP) is 4.36. The average molecular weight is 253 g/mol. The molecule has 2 aromatic rings. The summed E-state index contributed by atoms with van der Waals surface area (Å²) in [5, 5.41) is 3.48. The molecule has 0 aromatic heterocycles. The van der Waals surface area contributed by atoms with E-state index in [2.05, 4.69) is 61.6 Å². The summed E-state index contributed by atoms with van der Waals surface area (Å²) in [5.41, 5.74) is 3.60. The standard InChI is InChI=1S/C17H19NO/c1-12(2)14-9-6-10-15-17(14)19-16(11-18-15)13-7-4-3-5-8-13/h3-10,12,16,18H,11H2,1-2H3. The van der Waals surface area contributed by atoms with E-state index in [4.69, 9.17) is 4.74 Å². The molecule has 1 heterocycles. The normalized spacial score (nSPS) is 17.5. The quantitative estimate of drug-likeness (QED) is 0.858. The molecule has 1 aliphatic rings. The second kappa shape index (κ2) is 4.96. The van der Waals surface area contributed by atoms with Gasteiger partial charge in [-0.3, -0.25) is 0 Å². The largest absolute Gasteiger partial charge is 0.481 e. The Kier molecular flexibility index (Phi) is 3.16. The molecule has 98 valence electrons. The highest BCUT2D eigenvalue weighted by atomic mass is 16.5. The van der Waals surface area contributed by atoms with Crippen LogP contribution in [-0.2, 0) is 0 Å². The van der Waals surface area contributed by atoms with Crippen molar-refractivity contribution < 1.29 is 4.74 Å². The number of rotatable bonds is 2. The number of para-hydroxylation sites is 1. The van der Waals surface area contributed by atoms with Crippen LogP contribution in [0.5, 0.6) is 5.75 Å². The fourth-order valence-electron chi connectivity index (χ4n) is 2.52. The van der Waals surface area contributed by atoms with Gasteiger partial charge in [0.1, 0.15) is 11.9 Å². The van der Waals surface area contributed by atoms with Gasteiger partial charge in [0.2, 0.25) is 0 Å². The number of ether oxygens (including phenoxy) is 1. The summed E-state index contributed by atoms with van der Waals surface area (Å²) in [5.74, 6) is 1.48. The Labute approximate surface area is 114 Å². The lowest BCUT2D eigenvalue weighted by molar-refractivity contribution is 0.207. The lowest BCUT2D eigenvalue weighted by atomic mass is 9.99. The molecule has 0 amide bonds. The molecule has 2 heteroatoms. The third-order valence-electron chi connectivity index (χ3n) is 3.58. The monoisotopic (exact) mass is 253 g/mol. The van der Waals surface area contributed by atoms with Gasteiger partial charge >= 0.3 is 0 Å². The van der Waals surface area contributed by atoms with Crippen LogP contribution < -0.4 is 10.1 Å². The summed E-state index contributed by atoms with van der Waals surface area (Å²) in [7, 11) is 0. The minimum absolute atomic E-state index is 0.0913. The maximum atomic E-state index is 6.25. The molecule has 1 aliphatic heterocycles. The molecule has 19 heavy (non-hydrogen) atoms. The molecule has 2 nitrogen and oxygen atoms in total. The molecule has 3 rings (SSSR count). The zero-order valence-electron chi connectivity index (χ0n) is 11.4. The summed E-state index contributed by atoms with van der Waals surface area (Å²) in [6.45, 7) is 5.22. The van der Waals surface area contributed by atoms with Crippen molar-refractivity contribution in [3.8, 4) is 5.75 Å². The number of hydrogen-bond acceptors (Lipinski definition) is 2. The smallest absolute Gasteiger partial charge is 0.146 e. The van der Waals surface area contributed by atoms with Crippen LogP contribution in [0, 0.1) is 0 Å². The maximum Gasteiger partial charge on any atom is 0.146 e. The van der Waals surface area contributed by atoms with Crippen LogP contribution in [0.1, 0.15) is 37.0 Å². The molecule has 2 aromatic carbocycles. The molecule has 0 saturated heterocycles. The molecule has 0 saturated carbocycles. The second-order valence-electron chi connectivity index (χ2n) is 5.28. The summed E-state index contributed by atoms with van der Waals surface area (Å²) in [4.78, 5) is 0. The molecule has 0 fully saturated rings. The SMILES string of the molecule is CC(C)c1cccc2c1OC(c1ccccc1)CN2. The van der Waals surface area contributed by atoms with E-state index >= 15 is 0 Å². The van der Waals surface area contributed by atoms with Crippen molar-refractivity contribution in [3.63, 3.8) is 0 Å². The van der Waals surface area contributed by atoms with Crippen LogP contribution in [0.25, 0.3) is 0 Å². The van der Waals surface area contributed by atoms with Gasteiger partial charge in [-0.05, 0) is 23.1 Å². The number of hydrogen-bond donors (Lipinski definition) is 1. The van der Waals surface area contributed by atoms with Crippen molar-refractivity contribution in [1.82, 2.24) is 0 Å².